The molecule has 0 spiro atoms. The molecule has 1 atom stereocenters. The smallest absolute Gasteiger partial charge is 0.308 e. The highest BCUT2D eigenvalue weighted by Gasteiger charge is 2.29. The average molecular weight is 318 g/mol. The van der Waals surface area contributed by atoms with Crippen LogP contribution in [0.1, 0.15) is 22.5 Å². The van der Waals surface area contributed by atoms with Crippen LogP contribution in [0.2, 0.25) is 0 Å². The van der Waals surface area contributed by atoms with Crippen molar-refractivity contribution in [1.82, 2.24) is 4.90 Å². The molecule has 92 valence electrons. The first-order chi connectivity index (χ1) is 8.09. The summed E-state index contributed by atoms with van der Waals surface area (Å²) in [5.74, 6) is -1.31. The number of halogens is 1. The van der Waals surface area contributed by atoms with Gasteiger partial charge in [-0.15, -0.1) is 11.3 Å². The van der Waals surface area contributed by atoms with Crippen molar-refractivity contribution in [2.75, 3.05) is 13.1 Å². The molecule has 0 radical (unpaired) electrons. The van der Waals surface area contributed by atoms with Crippen LogP contribution in [0.4, 0.5) is 0 Å². The summed E-state index contributed by atoms with van der Waals surface area (Å²) in [5.41, 5.74) is 0. The molecular weight excluding hydrogens is 306 g/mol. The normalized spacial score (nSPS) is 20.3. The van der Waals surface area contributed by atoms with Crippen LogP contribution in [0, 0.1) is 5.92 Å². The van der Waals surface area contributed by atoms with Crippen LogP contribution in [0.25, 0.3) is 0 Å². The van der Waals surface area contributed by atoms with Crippen molar-refractivity contribution in [2.24, 2.45) is 5.92 Å². The number of thiophene rings is 1. The third kappa shape index (κ3) is 2.69. The zero-order chi connectivity index (χ0) is 12.4. The summed E-state index contributed by atoms with van der Waals surface area (Å²) in [6, 6.07) is 1.83. The van der Waals surface area contributed by atoms with Crippen LogP contribution in [-0.4, -0.2) is 35.0 Å². The van der Waals surface area contributed by atoms with Crippen LogP contribution >= 0.6 is 27.3 Å². The molecule has 1 amide bonds. The lowest BCUT2D eigenvalue weighted by Crippen LogP contribution is -2.42. The number of carboxylic acid groups (broad SMARTS) is 1. The lowest BCUT2D eigenvalue weighted by molar-refractivity contribution is -0.143. The van der Waals surface area contributed by atoms with Crippen LogP contribution in [0.5, 0.6) is 0 Å². The number of piperidine rings is 1. The second-order valence-corrected chi connectivity index (χ2v) is 5.80. The number of carbonyl (C=O) groups is 2. The number of hydrogen-bond donors (Lipinski definition) is 1. The van der Waals surface area contributed by atoms with Crippen LogP contribution < -0.4 is 0 Å². The maximum atomic E-state index is 12.2. The highest BCUT2D eigenvalue weighted by molar-refractivity contribution is 9.10. The lowest BCUT2D eigenvalue weighted by atomic mass is 9.98. The number of likely N-dealkylation sites (tertiary alicyclic amines) is 1. The Morgan fingerprint density at radius 2 is 2.29 bits per heavy atom. The highest BCUT2D eigenvalue weighted by Crippen LogP contribution is 2.26. The monoisotopic (exact) mass is 317 g/mol. The molecule has 0 bridgehead atoms. The molecule has 4 nitrogen and oxygen atoms in total. The van der Waals surface area contributed by atoms with E-state index in [0.29, 0.717) is 24.4 Å². The Bertz CT molecular complexity index is 446. The first-order valence-corrected chi connectivity index (χ1v) is 7.02. The number of amides is 1. The van der Waals surface area contributed by atoms with Gasteiger partial charge in [0.05, 0.1) is 5.92 Å². The van der Waals surface area contributed by atoms with Gasteiger partial charge in [0.25, 0.3) is 5.91 Å². The molecule has 1 aliphatic heterocycles. The standard InChI is InChI=1S/C11H12BrNO3S/c12-8-3-5-17-9(8)10(14)13-4-1-2-7(6-13)11(15)16/h3,5,7H,1-2,4,6H2,(H,15,16). The Hall–Kier alpha value is -0.880. The molecule has 1 aliphatic rings. The fraction of sp³-hybridized carbons (Fsp3) is 0.455. The summed E-state index contributed by atoms with van der Waals surface area (Å²) < 4.78 is 0.782. The molecule has 0 saturated carbocycles. The third-order valence-corrected chi connectivity index (χ3v) is 4.69. The van der Waals surface area contributed by atoms with Crippen LogP contribution in [0.3, 0.4) is 0 Å². The van der Waals surface area contributed by atoms with Crippen molar-refractivity contribution in [1.29, 1.82) is 0 Å². The van der Waals surface area contributed by atoms with E-state index >= 15 is 0 Å². The predicted octanol–water partition coefficient (Wildman–Crippen LogP) is 2.45. The fourth-order valence-electron chi connectivity index (χ4n) is 1.95. The minimum Gasteiger partial charge on any atom is -0.481 e. The molecule has 0 aromatic carbocycles. The third-order valence-electron chi connectivity index (χ3n) is 2.87. The number of carbonyl (C=O) groups excluding carboxylic acids is 1. The first-order valence-electron chi connectivity index (χ1n) is 5.34. The largest absolute Gasteiger partial charge is 0.481 e. The molecule has 1 saturated heterocycles. The van der Waals surface area contributed by atoms with Crippen molar-refractivity contribution < 1.29 is 14.7 Å². The van der Waals surface area contributed by atoms with Gasteiger partial charge in [-0.05, 0) is 40.2 Å². The van der Waals surface area contributed by atoms with E-state index in [2.05, 4.69) is 15.9 Å². The van der Waals surface area contributed by atoms with Crippen molar-refractivity contribution in [2.45, 2.75) is 12.8 Å². The van der Waals surface area contributed by atoms with Gasteiger partial charge in [0.2, 0.25) is 0 Å². The van der Waals surface area contributed by atoms with Crippen molar-refractivity contribution in [3.05, 3.63) is 20.8 Å². The average Bonchev–Trinajstić information content (AvgIpc) is 2.74. The van der Waals surface area contributed by atoms with Gasteiger partial charge in [0, 0.05) is 17.6 Å². The highest BCUT2D eigenvalue weighted by atomic mass is 79.9. The quantitative estimate of drug-likeness (QED) is 0.911. The maximum Gasteiger partial charge on any atom is 0.308 e. The Labute approximate surface area is 111 Å². The second kappa shape index (κ2) is 5.18. The van der Waals surface area contributed by atoms with Crippen LogP contribution in [0.15, 0.2) is 15.9 Å². The number of carboxylic acids is 1. The van der Waals surface area contributed by atoms with Crippen molar-refractivity contribution in [3.8, 4) is 0 Å². The number of nitrogens with zero attached hydrogens (tertiary/aromatic N) is 1. The van der Waals surface area contributed by atoms with E-state index < -0.39 is 11.9 Å². The number of hydrogen-bond acceptors (Lipinski definition) is 3. The van der Waals surface area contributed by atoms with Gasteiger partial charge in [-0.1, -0.05) is 0 Å². The minimum atomic E-state index is -0.812. The van der Waals surface area contributed by atoms with Gasteiger partial charge in [-0.25, -0.2) is 0 Å². The van der Waals surface area contributed by atoms with E-state index in [0.717, 1.165) is 10.9 Å². The van der Waals surface area contributed by atoms with E-state index in [4.69, 9.17) is 5.11 Å². The topological polar surface area (TPSA) is 57.6 Å². The zero-order valence-corrected chi connectivity index (χ0v) is 11.5. The minimum absolute atomic E-state index is 0.0715. The Morgan fingerprint density at radius 1 is 1.53 bits per heavy atom. The van der Waals surface area contributed by atoms with Gasteiger partial charge in [0.1, 0.15) is 4.88 Å². The lowest BCUT2D eigenvalue weighted by Gasteiger charge is -2.30. The van der Waals surface area contributed by atoms with E-state index in [1.165, 1.54) is 11.3 Å². The zero-order valence-electron chi connectivity index (χ0n) is 9.06. The summed E-state index contributed by atoms with van der Waals surface area (Å²) >= 11 is 4.70. The Morgan fingerprint density at radius 3 is 2.88 bits per heavy atom. The van der Waals surface area contributed by atoms with Gasteiger partial charge >= 0.3 is 5.97 Å². The van der Waals surface area contributed by atoms with E-state index in [1.807, 2.05) is 11.4 Å². The SMILES string of the molecule is O=C(O)C1CCCN(C(=O)c2sccc2Br)C1. The molecule has 1 fully saturated rings. The van der Waals surface area contributed by atoms with Crippen LogP contribution in [-0.2, 0) is 4.79 Å². The van der Waals surface area contributed by atoms with Gasteiger partial charge in [-0.2, -0.15) is 0 Å². The van der Waals surface area contributed by atoms with E-state index in [1.54, 1.807) is 4.90 Å². The fourth-order valence-corrected chi connectivity index (χ4v) is 3.46. The van der Waals surface area contributed by atoms with Gasteiger partial charge in [-0.3, -0.25) is 9.59 Å². The summed E-state index contributed by atoms with van der Waals surface area (Å²) in [7, 11) is 0. The summed E-state index contributed by atoms with van der Waals surface area (Å²) in [5, 5.41) is 10.8. The first kappa shape index (κ1) is 12.6. The molecule has 0 aliphatic carbocycles. The molecule has 2 rings (SSSR count). The molecule has 1 aromatic rings. The Kier molecular flexibility index (Phi) is 3.83. The van der Waals surface area contributed by atoms with Gasteiger partial charge in [0.15, 0.2) is 0 Å². The Balaban J connectivity index is 2.10. The summed E-state index contributed by atoms with van der Waals surface area (Å²) in [4.78, 5) is 25.4. The molecule has 1 aromatic heterocycles. The van der Waals surface area contributed by atoms with Crippen molar-refractivity contribution in [3.63, 3.8) is 0 Å². The molecule has 1 unspecified atom stereocenters. The molecule has 1 N–H and O–H groups in total. The molecule has 6 heteroatoms. The predicted molar refractivity (Wildman–Crippen MR) is 68.3 cm³/mol. The van der Waals surface area contributed by atoms with E-state index in [9.17, 15) is 9.59 Å². The number of rotatable bonds is 2. The molecule has 2 heterocycles. The van der Waals surface area contributed by atoms with E-state index in [-0.39, 0.29) is 5.91 Å². The second-order valence-electron chi connectivity index (χ2n) is 4.03. The summed E-state index contributed by atoms with van der Waals surface area (Å²) in [6.45, 7) is 0.964. The number of aliphatic carboxylic acids is 1. The van der Waals surface area contributed by atoms with Crippen molar-refractivity contribution >= 4 is 39.1 Å². The molecule has 17 heavy (non-hydrogen) atoms. The molecular formula is C11H12BrNO3S. The maximum absolute atomic E-state index is 12.2. The van der Waals surface area contributed by atoms with Gasteiger partial charge < -0.3 is 10.0 Å². The summed E-state index contributed by atoms with van der Waals surface area (Å²) in [6.07, 6.45) is 1.41.